The van der Waals surface area contributed by atoms with Gasteiger partial charge in [0.1, 0.15) is 0 Å². The lowest BCUT2D eigenvalue weighted by Gasteiger charge is -2.09. The molecule has 0 aromatic rings. The molecule has 0 aliphatic rings. The fourth-order valence-electron chi connectivity index (χ4n) is 0.823. The largest absolute Gasteiger partial charge is 0.379 e. The van der Waals surface area contributed by atoms with E-state index in [-0.39, 0.29) is 0 Å². The van der Waals surface area contributed by atoms with E-state index in [0.717, 1.165) is 39.3 Å². The maximum Gasteiger partial charge on any atom is 0.0593 e. The molecule has 13 heavy (non-hydrogen) atoms. The third kappa shape index (κ3) is 11.6. The summed E-state index contributed by atoms with van der Waals surface area (Å²) in [4.78, 5) is 2.12. The molecule has 0 saturated heterocycles. The average molecular weight is 186 g/mol. The second kappa shape index (κ2) is 9.71. The highest BCUT2D eigenvalue weighted by molar-refractivity contribution is 4.67. The van der Waals surface area contributed by atoms with Crippen molar-refractivity contribution in [2.24, 2.45) is 0 Å². The summed E-state index contributed by atoms with van der Waals surface area (Å²) in [6.07, 6.45) is 2.94. The number of rotatable bonds is 9. The molecular weight excluding hydrogens is 164 g/mol. The van der Waals surface area contributed by atoms with E-state index in [1.54, 1.807) is 0 Å². The van der Waals surface area contributed by atoms with Crippen molar-refractivity contribution in [3.05, 3.63) is 12.7 Å². The Balaban J connectivity index is 2.87. The molecule has 0 spiro atoms. The van der Waals surface area contributed by atoms with Crippen LogP contribution in [0.15, 0.2) is 12.7 Å². The number of nitrogens with one attached hydrogen (secondary N) is 1. The lowest BCUT2D eigenvalue weighted by atomic mass is 10.4. The second-order valence-electron chi connectivity index (χ2n) is 3.24. The minimum atomic E-state index is 0.797. The molecule has 0 radical (unpaired) electrons. The van der Waals surface area contributed by atoms with Gasteiger partial charge in [0.05, 0.1) is 13.2 Å². The number of likely N-dealkylation sites (N-methyl/N-ethyl adjacent to an activating group) is 1. The highest BCUT2D eigenvalue weighted by atomic mass is 16.5. The molecule has 3 heteroatoms. The van der Waals surface area contributed by atoms with E-state index in [1.807, 2.05) is 20.2 Å². The van der Waals surface area contributed by atoms with Crippen LogP contribution in [0.2, 0.25) is 0 Å². The van der Waals surface area contributed by atoms with Gasteiger partial charge in [-0.05, 0) is 27.1 Å². The Morgan fingerprint density at radius 1 is 1.31 bits per heavy atom. The van der Waals surface area contributed by atoms with E-state index >= 15 is 0 Å². The normalized spacial score (nSPS) is 10.7. The number of nitrogens with zero attached hydrogens (tertiary/aromatic N) is 1. The lowest BCUT2D eigenvalue weighted by Crippen LogP contribution is -2.23. The first-order valence-electron chi connectivity index (χ1n) is 4.81. The zero-order chi connectivity index (χ0) is 9.94. The van der Waals surface area contributed by atoms with Gasteiger partial charge in [0.15, 0.2) is 0 Å². The summed E-state index contributed by atoms with van der Waals surface area (Å²) in [5, 5.41) is 3.26. The zero-order valence-corrected chi connectivity index (χ0v) is 8.88. The van der Waals surface area contributed by atoms with Gasteiger partial charge in [0.25, 0.3) is 0 Å². The fraction of sp³-hybridized carbons (Fsp3) is 0.800. The highest BCUT2D eigenvalue weighted by Crippen LogP contribution is 1.78. The van der Waals surface area contributed by atoms with Crippen LogP contribution in [-0.4, -0.2) is 51.8 Å². The number of ether oxygens (including phenoxy) is 1. The summed E-state index contributed by atoms with van der Waals surface area (Å²) >= 11 is 0. The van der Waals surface area contributed by atoms with Crippen LogP contribution in [0, 0.1) is 0 Å². The summed E-state index contributed by atoms with van der Waals surface area (Å²) in [7, 11) is 4.09. The molecule has 0 rings (SSSR count). The molecule has 3 nitrogen and oxygen atoms in total. The summed E-state index contributed by atoms with van der Waals surface area (Å²) in [5.41, 5.74) is 0. The molecule has 0 bridgehead atoms. The maximum atomic E-state index is 5.39. The van der Waals surface area contributed by atoms with Crippen LogP contribution >= 0.6 is 0 Å². The van der Waals surface area contributed by atoms with Crippen LogP contribution in [-0.2, 0) is 4.74 Å². The Kier molecular flexibility index (Phi) is 9.42. The number of hydrogen-bond acceptors (Lipinski definition) is 3. The quantitative estimate of drug-likeness (QED) is 0.424. The van der Waals surface area contributed by atoms with E-state index < -0.39 is 0 Å². The molecule has 0 aromatic heterocycles. The monoisotopic (exact) mass is 186 g/mol. The summed E-state index contributed by atoms with van der Waals surface area (Å²) in [5.74, 6) is 0. The van der Waals surface area contributed by atoms with Gasteiger partial charge in [-0.3, -0.25) is 0 Å². The average Bonchev–Trinajstić information content (AvgIpc) is 2.09. The van der Waals surface area contributed by atoms with Crippen LogP contribution in [0.25, 0.3) is 0 Å². The van der Waals surface area contributed by atoms with Crippen molar-refractivity contribution in [1.29, 1.82) is 0 Å². The minimum Gasteiger partial charge on any atom is -0.379 e. The van der Waals surface area contributed by atoms with Crippen LogP contribution in [0.3, 0.4) is 0 Å². The predicted octanol–water partition coefficient (Wildman–Crippen LogP) is 0.730. The molecule has 0 aliphatic carbocycles. The SMILES string of the molecule is C=CCCNCCOCCN(C)C. The van der Waals surface area contributed by atoms with E-state index in [9.17, 15) is 0 Å². The predicted molar refractivity (Wildman–Crippen MR) is 57.1 cm³/mol. The first-order valence-corrected chi connectivity index (χ1v) is 4.81. The second-order valence-corrected chi connectivity index (χ2v) is 3.24. The van der Waals surface area contributed by atoms with Crippen molar-refractivity contribution < 1.29 is 4.74 Å². The van der Waals surface area contributed by atoms with Crippen LogP contribution < -0.4 is 5.32 Å². The Morgan fingerprint density at radius 3 is 2.69 bits per heavy atom. The number of hydrogen-bond donors (Lipinski definition) is 1. The van der Waals surface area contributed by atoms with Gasteiger partial charge in [-0.25, -0.2) is 0 Å². The molecule has 0 amide bonds. The van der Waals surface area contributed by atoms with E-state index in [1.165, 1.54) is 0 Å². The molecular formula is C10H22N2O. The zero-order valence-electron chi connectivity index (χ0n) is 8.88. The van der Waals surface area contributed by atoms with Gasteiger partial charge >= 0.3 is 0 Å². The van der Waals surface area contributed by atoms with Gasteiger partial charge in [-0.1, -0.05) is 6.08 Å². The Morgan fingerprint density at radius 2 is 2.08 bits per heavy atom. The Hall–Kier alpha value is -0.380. The molecule has 0 saturated carbocycles. The van der Waals surface area contributed by atoms with Crippen molar-refractivity contribution in [3.8, 4) is 0 Å². The van der Waals surface area contributed by atoms with Crippen molar-refractivity contribution in [2.75, 3.05) is 46.9 Å². The third-order valence-corrected chi connectivity index (χ3v) is 1.63. The van der Waals surface area contributed by atoms with Crippen LogP contribution in [0.5, 0.6) is 0 Å². The van der Waals surface area contributed by atoms with Gasteiger partial charge in [-0.15, -0.1) is 6.58 Å². The van der Waals surface area contributed by atoms with Gasteiger partial charge in [-0.2, -0.15) is 0 Å². The molecule has 0 unspecified atom stereocenters. The first-order chi connectivity index (χ1) is 6.27. The van der Waals surface area contributed by atoms with Crippen molar-refractivity contribution in [2.45, 2.75) is 6.42 Å². The standard InChI is InChI=1S/C10H22N2O/c1-4-5-6-11-7-9-13-10-8-12(2)3/h4,11H,1,5-10H2,2-3H3. The molecule has 0 fully saturated rings. The Bertz CT molecular complexity index is 115. The lowest BCUT2D eigenvalue weighted by molar-refractivity contribution is 0.119. The first kappa shape index (κ1) is 12.6. The fourth-order valence-corrected chi connectivity index (χ4v) is 0.823. The van der Waals surface area contributed by atoms with E-state index in [0.29, 0.717) is 0 Å². The van der Waals surface area contributed by atoms with Crippen LogP contribution in [0.1, 0.15) is 6.42 Å². The maximum absolute atomic E-state index is 5.39. The summed E-state index contributed by atoms with van der Waals surface area (Å²) < 4.78 is 5.39. The van der Waals surface area contributed by atoms with E-state index in [2.05, 4.69) is 16.8 Å². The smallest absolute Gasteiger partial charge is 0.0593 e. The van der Waals surface area contributed by atoms with Crippen molar-refractivity contribution in [1.82, 2.24) is 10.2 Å². The molecule has 0 aromatic carbocycles. The highest BCUT2D eigenvalue weighted by Gasteiger charge is 1.90. The molecule has 0 aliphatic heterocycles. The molecule has 0 heterocycles. The van der Waals surface area contributed by atoms with Gasteiger partial charge < -0.3 is 15.0 Å². The molecule has 0 atom stereocenters. The van der Waals surface area contributed by atoms with Gasteiger partial charge in [0.2, 0.25) is 0 Å². The Labute approximate surface area is 81.8 Å². The van der Waals surface area contributed by atoms with Crippen LogP contribution in [0.4, 0.5) is 0 Å². The minimum absolute atomic E-state index is 0.797. The van der Waals surface area contributed by atoms with Crippen molar-refractivity contribution in [3.63, 3.8) is 0 Å². The van der Waals surface area contributed by atoms with Crippen molar-refractivity contribution >= 4 is 0 Å². The van der Waals surface area contributed by atoms with E-state index in [4.69, 9.17) is 4.74 Å². The summed E-state index contributed by atoms with van der Waals surface area (Å²) in [6, 6.07) is 0. The van der Waals surface area contributed by atoms with Gasteiger partial charge in [0, 0.05) is 13.1 Å². The topological polar surface area (TPSA) is 24.5 Å². The molecule has 78 valence electrons. The summed E-state index contributed by atoms with van der Waals surface area (Å²) in [6.45, 7) is 8.19. The third-order valence-electron chi connectivity index (χ3n) is 1.63. The molecule has 1 N–H and O–H groups in total.